The molecule has 2 aromatic carbocycles. The second-order valence-electron chi connectivity index (χ2n) is 6.19. The molecule has 0 fully saturated rings. The van der Waals surface area contributed by atoms with Crippen LogP contribution in [-0.4, -0.2) is 11.8 Å². The second-order valence-corrected chi connectivity index (χ2v) is 6.19. The number of esters is 1. The summed E-state index contributed by atoms with van der Waals surface area (Å²) in [6.07, 6.45) is 3.14. The lowest BCUT2D eigenvalue weighted by molar-refractivity contribution is -0.154. The number of ether oxygens (including phenoxy) is 1. The van der Waals surface area contributed by atoms with Crippen molar-refractivity contribution in [3.05, 3.63) is 77.4 Å². The van der Waals surface area contributed by atoms with Crippen LogP contribution in [0.5, 0.6) is 0 Å². The molecule has 2 aromatic rings. The topological polar surface area (TPSA) is 43.4 Å². The average Bonchev–Trinajstić information content (AvgIpc) is 2.60. The Labute approximate surface area is 142 Å². The summed E-state index contributed by atoms with van der Waals surface area (Å²) in [5.74, 6) is -0.903. The Morgan fingerprint density at radius 2 is 1.75 bits per heavy atom. The van der Waals surface area contributed by atoms with Crippen molar-refractivity contribution in [1.82, 2.24) is 0 Å². The van der Waals surface area contributed by atoms with Gasteiger partial charge in [-0.3, -0.25) is 4.79 Å². The Balaban J connectivity index is 1.65. The Morgan fingerprint density at radius 1 is 1.04 bits per heavy atom. The third-order valence-corrected chi connectivity index (χ3v) is 4.18. The number of hydrogen-bond donors (Lipinski definition) is 0. The van der Waals surface area contributed by atoms with Gasteiger partial charge in [-0.25, -0.2) is 4.79 Å². The number of carbonyl (C=O) groups is 2. The molecule has 0 amide bonds. The first-order chi connectivity index (χ1) is 11.6. The second kappa shape index (κ2) is 7.26. The minimum atomic E-state index is -0.768. The Morgan fingerprint density at radius 3 is 2.54 bits per heavy atom. The smallest absolute Gasteiger partial charge is 0.375 e. The molecule has 122 valence electrons. The minimum Gasteiger partial charge on any atom is -0.455 e. The van der Waals surface area contributed by atoms with Crippen LogP contribution in [0.25, 0.3) is 5.57 Å². The zero-order chi connectivity index (χ0) is 16.9. The molecule has 0 aromatic heterocycles. The number of carbonyl (C=O) groups excluding carboxylic acids is 2. The Kier molecular flexibility index (Phi) is 4.90. The molecule has 0 radical (unpaired) electrons. The zero-order valence-electron chi connectivity index (χ0n) is 13.7. The molecule has 1 aliphatic carbocycles. The first-order valence-corrected chi connectivity index (χ1v) is 8.16. The van der Waals surface area contributed by atoms with Crippen LogP contribution in [0.2, 0.25) is 0 Å². The first-order valence-electron chi connectivity index (χ1n) is 8.16. The summed E-state index contributed by atoms with van der Waals surface area (Å²) in [5, 5.41) is 0. The predicted octanol–water partition coefficient (Wildman–Crippen LogP) is 3.96. The molecule has 0 heterocycles. The van der Waals surface area contributed by atoms with Crippen molar-refractivity contribution in [1.29, 1.82) is 0 Å². The van der Waals surface area contributed by atoms with E-state index in [-0.39, 0.29) is 13.0 Å². The molecule has 3 heteroatoms. The van der Waals surface area contributed by atoms with Crippen LogP contribution in [-0.2, 0) is 27.4 Å². The zero-order valence-corrected chi connectivity index (χ0v) is 13.7. The van der Waals surface area contributed by atoms with Gasteiger partial charge in [0.05, 0.1) is 0 Å². The molecular formula is C21H20O3. The molecule has 0 spiro atoms. The molecule has 0 aliphatic heterocycles. The van der Waals surface area contributed by atoms with Gasteiger partial charge >= 0.3 is 5.97 Å². The number of allylic oxidation sites excluding steroid dienone is 2. The van der Waals surface area contributed by atoms with E-state index in [2.05, 4.69) is 19.1 Å². The monoisotopic (exact) mass is 320 g/mol. The fraction of sp³-hybridized carbons (Fsp3) is 0.238. The molecule has 3 rings (SSSR count). The van der Waals surface area contributed by atoms with Crippen LogP contribution in [0.3, 0.4) is 0 Å². The van der Waals surface area contributed by atoms with Crippen LogP contribution in [0.1, 0.15) is 30.0 Å². The van der Waals surface area contributed by atoms with Gasteiger partial charge in [0.1, 0.15) is 6.61 Å². The lowest BCUT2D eigenvalue weighted by Gasteiger charge is -2.21. The van der Waals surface area contributed by atoms with Crippen LogP contribution in [0, 0.1) is 5.92 Å². The molecule has 24 heavy (non-hydrogen) atoms. The highest BCUT2D eigenvalue weighted by Gasteiger charge is 2.22. The first kappa shape index (κ1) is 16.2. The quantitative estimate of drug-likeness (QED) is 0.618. The standard InChI is InChI=1S/C21H20O3/c1-15-11-17-9-5-6-10-19(17)18(12-15)13-20(22)21(23)24-14-16-7-3-2-4-8-16/h2-10,12,15H,11,13-14H2,1H3. The molecule has 1 atom stereocenters. The highest BCUT2D eigenvalue weighted by atomic mass is 16.5. The summed E-state index contributed by atoms with van der Waals surface area (Å²) in [7, 11) is 0. The number of ketones is 1. The van der Waals surface area contributed by atoms with Gasteiger partial charge in [0, 0.05) is 6.42 Å². The minimum absolute atomic E-state index is 0.0922. The molecule has 1 unspecified atom stereocenters. The van der Waals surface area contributed by atoms with Gasteiger partial charge < -0.3 is 4.74 Å². The maximum atomic E-state index is 12.2. The molecule has 0 saturated carbocycles. The van der Waals surface area contributed by atoms with Gasteiger partial charge in [-0.1, -0.05) is 67.6 Å². The van der Waals surface area contributed by atoms with E-state index in [1.807, 2.05) is 48.5 Å². The van der Waals surface area contributed by atoms with Crippen LogP contribution in [0.15, 0.2) is 60.7 Å². The third-order valence-electron chi connectivity index (χ3n) is 4.18. The maximum absolute atomic E-state index is 12.2. The number of rotatable bonds is 5. The van der Waals surface area contributed by atoms with E-state index in [0.717, 1.165) is 23.1 Å². The summed E-state index contributed by atoms with van der Waals surface area (Å²) >= 11 is 0. The van der Waals surface area contributed by atoms with Crippen molar-refractivity contribution in [2.45, 2.75) is 26.4 Å². The van der Waals surface area contributed by atoms with Crippen molar-refractivity contribution < 1.29 is 14.3 Å². The number of hydrogen-bond acceptors (Lipinski definition) is 3. The molecule has 1 aliphatic rings. The van der Waals surface area contributed by atoms with Crippen molar-refractivity contribution >= 4 is 17.3 Å². The summed E-state index contributed by atoms with van der Waals surface area (Å²) in [6, 6.07) is 17.4. The Bertz CT molecular complexity index is 775. The highest BCUT2D eigenvalue weighted by Crippen LogP contribution is 2.31. The van der Waals surface area contributed by atoms with Crippen LogP contribution in [0.4, 0.5) is 0 Å². The fourth-order valence-electron chi connectivity index (χ4n) is 3.05. The van der Waals surface area contributed by atoms with Gasteiger partial charge in [0.15, 0.2) is 0 Å². The molecule has 3 nitrogen and oxygen atoms in total. The molecular weight excluding hydrogens is 300 g/mol. The maximum Gasteiger partial charge on any atom is 0.375 e. The summed E-state index contributed by atoms with van der Waals surface area (Å²) in [6.45, 7) is 2.24. The van der Waals surface area contributed by atoms with Crippen LogP contribution >= 0.6 is 0 Å². The third kappa shape index (κ3) is 3.80. The van der Waals surface area contributed by atoms with E-state index >= 15 is 0 Å². The number of Topliss-reactive ketones (excluding diaryl/α,β-unsaturated/α-hetero) is 1. The molecule has 0 N–H and O–H groups in total. The average molecular weight is 320 g/mol. The van der Waals surface area contributed by atoms with E-state index in [4.69, 9.17) is 4.74 Å². The number of benzene rings is 2. The van der Waals surface area contributed by atoms with E-state index in [1.165, 1.54) is 5.56 Å². The summed E-state index contributed by atoms with van der Waals surface area (Å²) in [5.41, 5.74) is 4.09. The summed E-state index contributed by atoms with van der Waals surface area (Å²) < 4.78 is 5.13. The lowest BCUT2D eigenvalue weighted by Crippen LogP contribution is -2.19. The highest BCUT2D eigenvalue weighted by molar-refractivity contribution is 6.35. The fourth-order valence-corrected chi connectivity index (χ4v) is 3.05. The molecule has 0 saturated heterocycles. The largest absolute Gasteiger partial charge is 0.455 e. The van der Waals surface area contributed by atoms with Gasteiger partial charge in [-0.15, -0.1) is 0 Å². The predicted molar refractivity (Wildman–Crippen MR) is 93.1 cm³/mol. The van der Waals surface area contributed by atoms with Crippen molar-refractivity contribution in [3.8, 4) is 0 Å². The van der Waals surface area contributed by atoms with Crippen molar-refractivity contribution in [3.63, 3.8) is 0 Å². The van der Waals surface area contributed by atoms with E-state index in [9.17, 15) is 9.59 Å². The van der Waals surface area contributed by atoms with Crippen molar-refractivity contribution in [2.24, 2.45) is 5.92 Å². The Hall–Kier alpha value is -2.68. The molecule has 0 bridgehead atoms. The number of fused-ring (bicyclic) bond motifs is 1. The van der Waals surface area contributed by atoms with Gasteiger partial charge in [0.25, 0.3) is 0 Å². The van der Waals surface area contributed by atoms with Gasteiger partial charge in [-0.2, -0.15) is 0 Å². The van der Waals surface area contributed by atoms with Gasteiger partial charge in [0.2, 0.25) is 5.78 Å². The van der Waals surface area contributed by atoms with Gasteiger partial charge in [-0.05, 0) is 34.6 Å². The van der Waals surface area contributed by atoms with E-state index in [1.54, 1.807) is 0 Å². The van der Waals surface area contributed by atoms with Crippen molar-refractivity contribution in [2.75, 3.05) is 0 Å². The SMILES string of the molecule is CC1C=C(CC(=O)C(=O)OCc2ccccc2)c2ccccc2C1. The summed E-state index contributed by atoms with van der Waals surface area (Å²) in [4.78, 5) is 24.2. The lowest BCUT2D eigenvalue weighted by atomic mass is 9.84. The van der Waals surface area contributed by atoms with Crippen LogP contribution < -0.4 is 0 Å². The van der Waals surface area contributed by atoms with E-state index in [0.29, 0.717) is 5.92 Å². The normalized spacial score (nSPS) is 16.0. The van der Waals surface area contributed by atoms with E-state index < -0.39 is 11.8 Å².